The van der Waals surface area contributed by atoms with Gasteiger partial charge in [0.25, 0.3) is 0 Å². The van der Waals surface area contributed by atoms with Crippen molar-refractivity contribution in [2.24, 2.45) is 0 Å². The zero-order chi connectivity index (χ0) is 15.1. The number of nitrogens with zero attached hydrogens (tertiary/aromatic N) is 2. The molecule has 1 amide bonds. The molecule has 0 aliphatic carbocycles. The molecule has 1 heterocycles. The van der Waals surface area contributed by atoms with Crippen molar-refractivity contribution in [2.45, 2.75) is 39.0 Å². The molecule has 4 nitrogen and oxygen atoms in total. The van der Waals surface area contributed by atoms with Crippen LogP contribution in [0, 0.1) is 0 Å². The number of aryl methyl sites for hydroxylation is 2. The Hall–Kier alpha value is -1.46. The lowest BCUT2D eigenvalue weighted by Gasteiger charge is -2.02. The predicted octanol–water partition coefficient (Wildman–Crippen LogP) is 4.11. The van der Waals surface area contributed by atoms with Gasteiger partial charge in [0.05, 0.1) is 0 Å². The average Bonchev–Trinajstić information content (AvgIpc) is 2.92. The maximum absolute atomic E-state index is 11.9. The van der Waals surface area contributed by atoms with Gasteiger partial charge in [-0.25, -0.2) is 0 Å². The topological polar surface area (TPSA) is 54.9 Å². The number of halogens is 1. The summed E-state index contributed by atoms with van der Waals surface area (Å²) >= 11 is 7.28. The number of benzene rings is 1. The number of amides is 1. The molecule has 0 unspecified atom stereocenters. The van der Waals surface area contributed by atoms with E-state index in [0.29, 0.717) is 23.0 Å². The van der Waals surface area contributed by atoms with Crippen molar-refractivity contribution in [3.05, 3.63) is 39.9 Å². The van der Waals surface area contributed by atoms with E-state index < -0.39 is 0 Å². The summed E-state index contributed by atoms with van der Waals surface area (Å²) in [7, 11) is 0. The van der Waals surface area contributed by atoms with Crippen molar-refractivity contribution >= 4 is 34.0 Å². The summed E-state index contributed by atoms with van der Waals surface area (Å²) in [6, 6.07) is 7.53. The van der Waals surface area contributed by atoms with E-state index in [9.17, 15) is 4.79 Å². The van der Waals surface area contributed by atoms with Crippen LogP contribution in [0.25, 0.3) is 0 Å². The summed E-state index contributed by atoms with van der Waals surface area (Å²) in [5.74, 6) is -0.0388. The lowest BCUT2D eigenvalue weighted by molar-refractivity contribution is -0.116. The van der Waals surface area contributed by atoms with Crippen molar-refractivity contribution in [3.8, 4) is 0 Å². The molecule has 0 aliphatic rings. The average molecular weight is 324 g/mol. The first-order chi connectivity index (χ1) is 10.2. The molecule has 0 saturated carbocycles. The van der Waals surface area contributed by atoms with Gasteiger partial charge in [0.1, 0.15) is 5.01 Å². The highest BCUT2D eigenvalue weighted by Crippen LogP contribution is 2.17. The van der Waals surface area contributed by atoms with Crippen LogP contribution in [0.4, 0.5) is 5.13 Å². The summed E-state index contributed by atoms with van der Waals surface area (Å²) in [4.78, 5) is 11.9. The fourth-order valence-electron chi connectivity index (χ4n) is 1.82. The van der Waals surface area contributed by atoms with Gasteiger partial charge in [-0.1, -0.05) is 48.4 Å². The first-order valence-electron chi connectivity index (χ1n) is 7.04. The van der Waals surface area contributed by atoms with Crippen LogP contribution in [0.5, 0.6) is 0 Å². The molecular formula is C15H18ClN3OS. The zero-order valence-electron chi connectivity index (χ0n) is 11.9. The maximum Gasteiger partial charge on any atom is 0.226 e. The second kappa shape index (κ2) is 8.10. The number of carbonyl (C=O) groups excluding carboxylic acids is 1. The molecule has 1 N–H and O–H groups in total. The summed E-state index contributed by atoms with van der Waals surface area (Å²) in [6.45, 7) is 2.14. The molecule has 2 aromatic rings. The molecule has 1 aromatic carbocycles. The van der Waals surface area contributed by atoms with E-state index in [4.69, 9.17) is 11.6 Å². The van der Waals surface area contributed by atoms with Crippen molar-refractivity contribution in [1.82, 2.24) is 10.2 Å². The smallest absolute Gasteiger partial charge is 0.226 e. The van der Waals surface area contributed by atoms with Crippen molar-refractivity contribution < 1.29 is 4.79 Å². The van der Waals surface area contributed by atoms with E-state index in [0.717, 1.165) is 29.8 Å². The number of hydrogen-bond donors (Lipinski definition) is 1. The van der Waals surface area contributed by atoms with E-state index in [-0.39, 0.29) is 5.91 Å². The van der Waals surface area contributed by atoms with Gasteiger partial charge in [0, 0.05) is 17.9 Å². The molecule has 0 aliphatic heterocycles. The fourth-order valence-corrected chi connectivity index (χ4v) is 2.75. The largest absolute Gasteiger partial charge is 0.301 e. The van der Waals surface area contributed by atoms with Gasteiger partial charge in [-0.05, 0) is 30.5 Å². The lowest BCUT2D eigenvalue weighted by Crippen LogP contribution is -2.12. The summed E-state index contributed by atoms with van der Waals surface area (Å²) in [5, 5.41) is 13.1. The van der Waals surface area contributed by atoms with E-state index >= 15 is 0 Å². The molecule has 1 aromatic heterocycles. The van der Waals surface area contributed by atoms with Crippen molar-refractivity contribution in [2.75, 3.05) is 5.32 Å². The first kappa shape index (κ1) is 15.9. The van der Waals surface area contributed by atoms with Gasteiger partial charge >= 0.3 is 0 Å². The van der Waals surface area contributed by atoms with Crippen molar-refractivity contribution in [1.29, 1.82) is 0 Å². The van der Waals surface area contributed by atoms with Crippen LogP contribution in [-0.2, 0) is 17.6 Å². The molecule has 0 atom stereocenters. The molecular weight excluding hydrogens is 306 g/mol. The Morgan fingerprint density at radius 2 is 2.00 bits per heavy atom. The Morgan fingerprint density at radius 1 is 1.24 bits per heavy atom. The fraction of sp³-hybridized carbons (Fsp3) is 0.400. The minimum atomic E-state index is -0.0388. The lowest BCUT2D eigenvalue weighted by atomic mass is 10.1. The van der Waals surface area contributed by atoms with Crippen LogP contribution in [-0.4, -0.2) is 16.1 Å². The number of unbranched alkanes of at least 4 members (excludes halogenated alkanes) is 1. The number of aromatic nitrogens is 2. The van der Waals surface area contributed by atoms with E-state index in [1.54, 1.807) is 0 Å². The van der Waals surface area contributed by atoms with Gasteiger partial charge < -0.3 is 5.32 Å². The molecule has 0 radical (unpaired) electrons. The van der Waals surface area contributed by atoms with Gasteiger partial charge in [0.2, 0.25) is 11.0 Å². The predicted molar refractivity (Wildman–Crippen MR) is 86.9 cm³/mol. The van der Waals surface area contributed by atoms with Crippen LogP contribution < -0.4 is 5.32 Å². The van der Waals surface area contributed by atoms with E-state index in [1.165, 1.54) is 11.3 Å². The molecule has 0 saturated heterocycles. The Balaban J connectivity index is 1.78. The third-order valence-corrected chi connectivity index (χ3v) is 4.16. The number of carbonyl (C=O) groups is 1. The first-order valence-corrected chi connectivity index (χ1v) is 8.23. The van der Waals surface area contributed by atoms with Crippen LogP contribution >= 0.6 is 22.9 Å². The summed E-state index contributed by atoms with van der Waals surface area (Å²) in [6.07, 6.45) is 4.26. The van der Waals surface area contributed by atoms with E-state index in [2.05, 4.69) is 22.4 Å². The van der Waals surface area contributed by atoms with Gasteiger partial charge in [-0.3, -0.25) is 4.79 Å². The normalized spacial score (nSPS) is 10.6. The third kappa shape index (κ3) is 5.44. The third-order valence-electron chi connectivity index (χ3n) is 3.01. The monoisotopic (exact) mass is 323 g/mol. The zero-order valence-corrected chi connectivity index (χ0v) is 13.5. The Morgan fingerprint density at radius 3 is 2.71 bits per heavy atom. The second-order valence-electron chi connectivity index (χ2n) is 4.78. The van der Waals surface area contributed by atoms with Crippen LogP contribution in [0.2, 0.25) is 5.02 Å². The molecule has 6 heteroatoms. The number of rotatable bonds is 7. The standard InChI is InChI=1S/C15H18ClN3OS/c1-2-3-4-14-18-19-15(21-14)17-13(20)10-7-11-5-8-12(16)9-6-11/h5-6,8-9H,2-4,7,10H2,1H3,(H,17,19,20). The number of hydrogen-bond acceptors (Lipinski definition) is 4. The minimum Gasteiger partial charge on any atom is -0.301 e. The van der Waals surface area contributed by atoms with E-state index in [1.807, 2.05) is 24.3 Å². The molecule has 0 spiro atoms. The quantitative estimate of drug-likeness (QED) is 0.834. The Labute approximate surface area is 133 Å². The van der Waals surface area contributed by atoms with Crippen LogP contribution in [0.3, 0.4) is 0 Å². The second-order valence-corrected chi connectivity index (χ2v) is 6.28. The highest BCUT2D eigenvalue weighted by atomic mass is 35.5. The van der Waals surface area contributed by atoms with Crippen LogP contribution in [0.1, 0.15) is 36.8 Å². The number of nitrogens with one attached hydrogen (secondary N) is 1. The SMILES string of the molecule is CCCCc1nnc(NC(=O)CCc2ccc(Cl)cc2)s1. The highest BCUT2D eigenvalue weighted by Gasteiger charge is 2.08. The summed E-state index contributed by atoms with van der Waals surface area (Å²) < 4.78 is 0. The molecule has 21 heavy (non-hydrogen) atoms. The van der Waals surface area contributed by atoms with Gasteiger partial charge in [0.15, 0.2) is 0 Å². The molecule has 0 bridgehead atoms. The maximum atomic E-state index is 11.9. The van der Waals surface area contributed by atoms with Gasteiger partial charge in [-0.2, -0.15) is 0 Å². The summed E-state index contributed by atoms with van der Waals surface area (Å²) in [5.41, 5.74) is 1.09. The van der Waals surface area contributed by atoms with Crippen molar-refractivity contribution in [3.63, 3.8) is 0 Å². The Bertz CT molecular complexity index is 583. The number of anilines is 1. The molecule has 0 fully saturated rings. The Kier molecular flexibility index (Phi) is 6.14. The van der Waals surface area contributed by atoms with Crippen LogP contribution in [0.15, 0.2) is 24.3 Å². The van der Waals surface area contributed by atoms with Gasteiger partial charge in [-0.15, -0.1) is 10.2 Å². The highest BCUT2D eigenvalue weighted by molar-refractivity contribution is 7.15. The molecule has 112 valence electrons. The minimum absolute atomic E-state index is 0.0388. The molecule has 2 rings (SSSR count).